The van der Waals surface area contributed by atoms with Crippen LogP contribution in [0.1, 0.15) is 21.7 Å². The Bertz CT molecular complexity index is 590. The smallest absolute Gasteiger partial charge is 0.184 e. The van der Waals surface area contributed by atoms with Gasteiger partial charge in [-0.25, -0.2) is 0 Å². The Morgan fingerprint density at radius 3 is 2.44 bits per heavy atom. The second-order valence-corrected chi connectivity index (χ2v) is 6.11. The predicted octanol–water partition coefficient (Wildman–Crippen LogP) is 3.75. The van der Waals surface area contributed by atoms with Crippen molar-refractivity contribution in [3.63, 3.8) is 0 Å². The number of Topliss-reactive ketones (excluding diaryl/α,β-unsaturated/α-hetero) is 1. The van der Waals surface area contributed by atoms with E-state index in [4.69, 9.17) is 0 Å². The van der Waals surface area contributed by atoms with Crippen LogP contribution in [0.2, 0.25) is 0 Å². The molecule has 1 aromatic heterocycles. The molecule has 2 aromatic rings. The van der Waals surface area contributed by atoms with Crippen molar-refractivity contribution in [2.45, 2.75) is 20.4 Å². The summed E-state index contributed by atoms with van der Waals surface area (Å²) >= 11 is 5.68. The lowest BCUT2D eigenvalue weighted by molar-refractivity contribution is 0.0966. The van der Waals surface area contributed by atoms with E-state index in [2.05, 4.69) is 43.6 Å². The molecule has 0 amide bonds. The average Bonchev–Trinajstić information content (AvgIpc) is 2.58. The molecule has 0 unspecified atom stereocenters. The van der Waals surface area contributed by atoms with Crippen LogP contribution >= 0.6 is 38.5 Å². The molecular formula is C13H12BrIN2O. The van der Waals surface area contributed by atoms with Gasteiger partial charge in [0.2, 0.25) is 0 Å². The molecule has 0 fully saturated rings. The number of nitrogens with zero attached hydrogens (tertiary/aromatic N) is 2. The molecule has 0 bridgehead atoms. The van der Waals surface area contributed by atoms with Gasteiger partial charge in [0.25, 0.3) is 0 Å². The molecule has 0 atom stereocenters. The Morgan fingerprint density at radius 2 is 1.94 bits per heavy atom. The van der Waals surface area contributed by atoms with Crippen LogP contribution in [0, 0.1) is 17.4 Å². The van der Waals surface area contributed by atoms with E-state index in [9.17, 15) is 4.79 Å². The highest BCUT2D eigenvalue weighted by atomic mass is 127. The fourth-order valence-corrected chi connectivity index (χ4v) is 2.34. The number of carbonyl (C=O) groups is 1. The molecule has 0 aliphatic heterocycles. The highest BCUT2D eigenvalue weighted by molar-refractivity contribution is 14.1. The summed E-state index contributed by atoms with van der Waals surface area (Å²) in [5, 5.41) is 4.34. The topological polar surface area (TPSA) is 34.9 Å². The molecule has 0 radical (unpaired) electrons. The highest BCUT2D eigenvalue weighted by Crippen LogP contribution is 2.20. The second kappa shape index (κ2) is 5.52. The lowest BCUT2D eigenvalue weighted by Gasteiger charge is -2.04. The van der Waals surface area contributed by atoms with Crippen LogP contribution in [0.15, 0.2) is 28.7 Å². The fraction of sp³-hybridized carbons (Fsp3) is 0.231. The van der Waals surface area contributed by atoms with Gasteiger partial charge in [-0.05, 0) is 64.5 Å². The van der Waals surface area contributed by atoms with E-state index < -0.39 is 0 Å². The van der Waals surface area contributed by atoms with Crippen LogP contribution in [-0.2, 0) is 6.54 Å². The summed E-state index contributed by atoms with van der Waals surface area (Å²) in [6.45, 7) is 4.15. The molecule has 0 N–H and O–H groups in total. The molecule has 1 heterocycles. The Labute approximate surface area is 128 Å². The van der Waals surface area contributed by atoms with Gasteiger partial charge < -0.3 is 0 Å². The van der Waals surface area contributed by atoms with E-state index in [1.54, 1.807) is 4.68 Å². The van der Waals surface area contributed by atoms with Gasteiger partial charge in [0, 0.05) is 9.13 Å². The van der Waals surface area contributed by atoms with Gasteiger partial charge in [0.05, 0.1) is 15.9 Å². The number of rotatable bonds is 3. The minimum absolute atomic E-state index is 0.0736. The normalized spacial score (nSPS) is 10.7. The molecule has 0 saturated carbocycles. The number of ketones is 1. The summed E-state index contributed by atoms with van der Waals surface area (Å²) in [6.07, 6.45) is 0. The van der Waals surface area contributed by atoms with Gasteiger partial charge in [-0.15, -0.1) is 0 Å². The Balaban J connectivity index is 2.21. The largest absolute Gasteiger partial charge is 0.292 e. The van der Waals surface area contributed by atoms with Gasteiger partial charge >= 0.3 is 0 Å². The lowest BCUT2D eigenvalue weighted by atomic mass is 10.1. The molecule has 0 saturated heterocycles. The first-order valence-electron chi connectivity index (χ1n) is 5.47. The molecule has 3 nitrogen and oxygen atoms in total. The monoisotopic (exact) mass is 418 g/mol. The van der Waals surface area contributed by atoms with Crippen molar-refractivity contribution in [3.05, 3.63) is 49.3 Å². The van der Waals surface area contributed by atoms with Crippen LogP contribution in [0.3, 0.4) is 0 Å². The summed E-state index contributed by atoms with van der Waals surface area (Å²) in [4.78, 5) is 12.1. The molecular weight excluding hydrogens is 407 g/mol. The van der Waals surface area contributed by atoms with Crippen molar-refractivity contribution in [2.75, 3.05) is 0 Å². The van der Waals surface area contributed by atoms with Gasteiger partial charge in [-0.1, -0.05) is 12.1 Å². The van der Waals surface area contributed by atoms with Crippen molar-refractivity contribution in [1.29, 1.82) is 0 Å². The maximum atomic E-state index is 12.1. The average molecular weight is 419 g/mol. The fourth-order valence-electron chi connectivity index (χ4n) is 1.69. The first-order chi connectivity index (χ1) is 8.49. The Kier molecular flexibility index (Phi) is 4.21. The van der Waals surface area contributed by atoms with E-state index in [1.165, 1.54) is 0 Å². The molecule has 0 spiro atoms. The molecule has 94 valence electrons. The third-order valence-electron chi connectivity index (χ3n) is 2.75. The minimum Gasteiger partial charge on any atom is -0.292 e. The highest BCUT2D eigenvalue weighted by Gasteiger charge is 2.13. The maximum Gasteiger partial charge on any atom is 0.184 e. The number of aryl methyl sites for hydroxylation is 1. The van der Waals surface area contributed by atoms with Crippen LogP contribution in [0.25, 0.3) is 0 Å². The summed E-state index contributed by atoms with van der Waals surface area (Å²) in [7, 11) is 0. The lowest BCUT2D eigenvalue weighted by Crippen LogP contribution is -2.13. The molecule has 18 heavy (non-hydrogen) atoms. The third-order valence-corrected chi connectivity index (χ3v) is 4.62. The number of hydrogen-bond acceptors (Lipinski definition) is 2. The number of aromatic nitrogens is 2. The van der Waals surface area contributed by atoms with Crippen molar-refractivity contribution in [2.24, 2.45) is 0 Å². The molecule has 1 aromatic carbocycles. The van der Waals surface area contributed by atoms with E-state index in [0.717, 1.165) is 25.0 Å². The van der Waals surface area contributed by atoms with Gasteiger partial charge in [-0.2, -0.15) is 5.10 Å². The van der Waals surface area contributed by atoms with Crippen molar-refractivity contribution in [1.82, 2.24) is 9.78 Å². The second-order valence-electron chi connectivity index (χ2n) is 4.07. The van der Waals surface area contributed by atoms with Crippen LogP contribution in [0.4, 0.5) is 0 Å². The number of carbonyl (C=O) groups excluding carboxylic acids is 1. The predicted molar refractivity (Wildman–Crippen MR) is 82.9 cm³/mol. The van der Waals surface area contributed by atoms with E-state index in [0.29, 0.717) is 0 Å². The quantitative estimate of drug-likeness (QED) is 0.562. The molecule has 0 aliphatic rings. The maximum absolute atomic E-state index is 12.1. The van der Waals surface area contributed by atoms with Crippen molar-refractivity contribution >= 4 is 44.3 Å². The van der Waals surface area contributed by atoms with Gasteiger partial charge in [-0.3, -0.25) is 9.48 Å². The first-order valence-corrected chi connectivity index (χ1v) is 7.34. The van der Waals surface area contributed by atoms with E-state index in [-0.39, 0.29) is 12.3 Å². The zero-order valence-corrected chi connectivity index (χ0v) is 13.8. The standard InChI is InChI=1S/C13H12BrIN2O/c1-8-13(14)9(2)17(16-8)7-12(18)10-3-5-11(15)6-4-10/h3-6H,7H2,1-2H3. The van der Waals surface area contributed by atoms with E-state index >= 15 is 0 Å². The van der Waals surface area contributed by atoms with Crippen LogP contribution in [-0.4, -0.2) is 15.6 Å². The third kappa shape index (κ3) is 2.83. The molecule has 2 rings (SSSR count). The summed E-state index contributed by atoms with van der Waals surface area (Å²) in [5.74, 6) is 0.0736. The van der Waals surface area contributed by atoms with E-state index in [1.807, 2.05) is 38.1 Å². The summed E-state index contributed by atoms with van der Waals surface area (Å²) in [6, 6.07) is 7.57. The first kappa shape index (κ1) is 13.7. The van der Waals surface area contributed by atoms with Crippen molar-refractivity contribution < 1.29 is 4.79 Å². The Hall–Kier alpha value is -0.690. The number of hydrogen-bond donors (Lipinski definition) is 0. The summed E-state index contributed by atoms with van der Waals surface area (Å²) in [5.41, 5.74) is 2.60. The van der Waals surface area contributed by atoms with Crippen LogP contribution in [0.5, 0.6) is 0 Å². The van der Waals surface area contributed by atoms with Gasteiger partial charge in [0.15, 0.2) is 5.78 Å². The Morgan fingerprint density at radius 1 is 1.33 bits per heavy atom. The SMILES string of the molecule is Cc1nn(CC(=O)c2ccc(I)cc2)c(C)c1Br. The van der Waals surface area contributed by atoms with Crippen molar-refractivity contribution in [3.8, 4) is 0 Å². The number of halogens is 2. The summed E-state index contributed by atoms with van der Waals surface area (Å²) < 4.78 is 3.83. The molecule has 5 heteroatoms. The number of benzene rings is 1. The van der Waals surface area contributed by atoms with Crippen LogP contribution < -0.4 is 0 Å². The van der Waals surface area contributed by atoms with Gasteiger partial charge in [0.1, 0.15) is 6.54 Å². The zero-order valence-electron chi connectivity index (χ0n) is 10.1. The zero-order chi connectivity index (χ0) is 13.3. The molecule has 0 aliphatic carbocycles. The minimum atomic E-state index is 0.0736.